The van der Waals surface area contributed by atoms with Crippen LogP contribution in [-0.2, 0) is 26.2 Å². The fourth-order valence-electron chi connectivity index (χ4n) is 4.34. The molecule has 0 aliphatic carbocycles. The van der Waals surface area contributed by atoms with Crippen molar-refractivity contribution in [2.45, 2.75) is 50.7 Å². The maximum absolute atomic E-state index is 14.2. The van der Waals surface area contributed by atoms with Crippen LogP contribution in [0.2, 0.25) is 5.02 Å². The highest BCUT2D eigenvalue weighted by atomic mass is 35.5. The van der Waals surface area contributed by atoms with Crippen molar-refractivity contribution in [1.82, 2.24) is 10.2 Å². The van der Waals surface area contributed by atoms with E-state index in [0.29, 0.717) is 22.8 Å². The van der Waals surface area contributed by atoms with E-state index in [2.05, 4.69) is 5.32 Å². The first-order valence-corrected chi connectivity index (χ1v) is 15.0. The molecule has 0 aromatic heterocycles. The molecule has 1 unspecified atom stereocenters. The van der Waals surface area contributed by atoms with Crippen molar-refractivity contribution in [3.05, 3.63) is 83.4 Å². The molecule has 0 radical (unpaired) electrons. The van der Waals surface area contributed by atoms with Crippen molar-refractivity contribution < 1.29 is 27.5 Å². The average Bonchev–Trinajstić information content (AvgIpc) is 2.96. The number of hydrogen-bond acceptors (Lipinski definition) is 6. The first-order chi connectivity index (χ1) is 19.5. The van der Waals surface area contributed by atoms with E-state index < -0.39 is 28.5 Å². The van der Waals surface area contributed by atoms with Gasteiger partial charge in [0.25, 0.3) is 10.0 Å². The van der Waals surface area contributed by atoms with Crippen molar-refractivity contribution in [3.8, 4) is 11.5 Å². The van der Waals surface area contributed by atoms with Crippen LogP contribution in [0.3, 0.4) is 0 Å². The molecular weight excluding hydrogens is 566 g/mol. The largest absolute Gasteiger partial charge is 0.497 e. The minimum atomic E-state index is -4.27. The molecule has 0 aliphatic heterocycles. The van der Waals surface area contributed by atoms with Gasteiger partial charge in [0, 0.05) is 23.7 Å². The summed E-state index contributed by atoms with van der Waals surface area (Å²) < 4.78 is 39.9. The SMILES string of the molecule is CCC(C(=O)NC(C)C)N(Cc1ccccc1Cl)C(=O)CN(c1cc(OC)ccc1OC)S(=O)(=O)c1ccccc1. The molecule has 1 atom stereocenters. The standard InChI is InChI=1S/C30H36ClN3O6S/c1-6-26(30(36)32-21(2)3)33(19-22-12-10-11-15-25(22)31)29(35)20-34(41(37,38)24-13-8-7-9-14-24)27-18-23(39-4)16-17-28(27)40-5/h7-18,21,26H,6,19-20H2,1-5H3,(H,32,36). The number of methoxy groups -OCH3 is 2. The normalized spacial score (nSPS) is 12.0. The Morgan fingerprint density at radius 3 is 2.20 bits per heavy atom. The van der Waals surface area contributed by atoms with Crippen LogP contribution in [0, 0.1) is 0 Å². The minimum Gasteiger partial charge on any atom is -0.497 e. The number of anilines is 1. The fraction of sp³-hybridized carbons (Fsp3) is 0.333. The van der Waals surface area contributed by atoms with Gasteiger partial charge in [-0.05, 0) is 56.2 Å². The molecule has 0 spiro atoms. The van der Waals surface area contributed by atoms with E-state index in [1.165, 1.54) is 37.3 Å². The number of benzene rings is 3. The molecule has 0 heterocycles. The van der Waals surface area contributed by atoms with Gasteiger partial charge >= 0.3 is 0 Å². The van der Waals surface area contributed by atoms with Gasteiger partial charge in [-0.2, -0.15) is 0 Å². The number of nitrogens with one attached hydrogen (secondary N) is 1. The zero-order chi connectivity index (χ0) is 30.2. The summed E-state index contributed by atoms with van der Waals surface area (Å²) in [6, 6.07) is 18.5. The lowest BCUT2D eigenvalue weighted by Crippen LogP contribution is -2.53. The summed E-state index contributed by atoms with van der Waals surface area (Å²) in [7, 11) is -1.40. The molecule has 3 aromatic rings. The zero-order valence-electron chi connectivity index (χ0n) is 23.8. The number of rotatable bonds is 13. The van der Waals surface area contributed by atoms with Gasteiger partial charge in [0.05, 0.1) is 24.8 Å². The van der Waals surface area contributed by atoms with Gasteiger partial charge in [-0.1, -0.05) is 54.9 Å². The summed E-state index contributed by atoms with van der Waals surface area (Å²) in [6.45, 7) is 4.83. The van der Waals surface area contributed by atoms with Crippen LogP contribution >= 0.6 is 11.6 Å². The monoisotopic (exact) mass is 601 g/mol. The van der Waals surface area contributed by atoms with Crippen molar-refractivity contribution in [2.24, 2.45) is 0 Å². The van der Waals surface area contributed by atoms with Gasteiger partial charge in [0.2, 0.25) is 11.8 Å². The van der Waals surface area contributed by atoms with Crippen LogP contribution in [0.15, 0.2) is 77.7 Å². The van der Waals surface area contributed by atoms with Gasteiger partial charge < -0.3 is 19.7 Å². The van der Waals surface area contributed by atoms with Crippen LogP contribution in [-0.4, -0.2) is 58.0 Å². The van der Waals surface area contributed by atoms with Crippen LogP contribution in [0.4, 0.5) is 5.69 Å². The molecule has 3 rings (SSSR count). The molecule has 0 saturated heterocycles. The Balaban J connectivity index is 2.15. The van der Waals surface area contributed by atoms with Crippen LogP contribution < -0.4 is 19.1 Å². The molecule has 0 fully saturated rings. The molecule has 9 nitrogen and oxygen atoms in total. The van der Waals surface area contributed by atoms with Gasteiger partial charge in [0.1, 0.15) is 24.1 Å². The second kappa shape index (κ2) is 14.2. The fourth-order valence-corrected chi connectivity index (χ4v) is 5.97. The van der Waals surface area contributed by atoms with E-state index in [4.69, 9.17) is 21.1 Å². The van der Waals surface area contributed by atoms with Crippen LogP contribution in [0.1, 0.15) is 32.8 Å². The van der Waals surface area contributed by atoms with E-state index in [1.807, 2.05) is 13.8 Å². The van der Waals surface area contributed by atoms with E-state index in [9.17, 15) is 18.0 Å². The maximum atomic E-state index is 14.2. The molecular formula is C30H36ClN3O6S. The van der Waals surface area contributed by atoms with Gasteiger partial charge in [0.15, 0.2) is 0 Å². The topological polar surface area (TPSA) is 105 Å². The number of halogens is 1. The number of hydrogen-bond donors (Lipinski definition) is 1. The Labute approximate surface area is 247 Å². The van der Waals surface area contributed by atoms with Crippen molar-refractivity contribution in [1.29, 1.82) is 0 Å². The summed E-state index contributed by atoms with van der Waals surface area (Å²) in [6.07, 6.45) is 0.294. The third kappa shape index (κ3) is 7.71. The van der Waals surface area contributed by atoms with E-state index in [0.717, 1.165) is 4.31 Å². The first-order valence-electron chi connectivity index (χ1n) is 13.2. The number of carbonyl (C=O) groups is 2. The Kier molecular flexibility index (Phi) is 11.0. The lowest BCUT2D eigenvalue weighted by molar-refractivity contribution is -0.140. The molecule has 41 heavy (non-hydrogen) atoms. The highest BCUT2D eigenvalue weighted by molar-refractivity contribution is 7.92. The quantitative estimate of drug-likeness (QED) is 0.299. The number of carbonyl (C=O) groups excluding carboxylic acids is 2. The first kappa shape index (κ1) is 31.8. The second-order valence-corrected chi connectivity index (χ2v) is 11.8. The van der Waals surface area contributed by atoms with Crippen LogP contribution in [0.5, 0.6) is 11.5 Å². The molecule has 0 aliphatic rings. The van der Waals surface area contributed by atoms with E-state index in [1.54, 1.807) is 61.5 Å². The Bertz CT molecular complexity index is 1450. The summed E-state index contributed by atoms with van der Waals surface area (Å²) in [5.41, 5.74) is 0.733. The van der Waals surface area contributed by atoms with Gasteiger partial charge in [-0.3, -0.25) is 13.9 Å². The number of ether oxygens (including phenoxy) is 2. The summed E-state index contributed by atoms with van der Waals surface area (Å²) in [5, 5.41) is 3.29. The smallest absolute Gasteiger partial charge is 0.264 e. The molecule has 1 N–H and O–H groups in total. The third-order valence-corrected chi connectivity index (χ3v) is 8.52. The highest BCUT2D eigenvalue weighted by Gasteiger charge is 2.35. The molecule has 11 heteroatoms. The number of sulfonamides is 1. The molecule has 0 saturated carbocycles. The highest BCUT2D eigenvalue weighted by Crippen LogP contribution is 2.36. The summed E-state index contributed by atoms with van der Waals surface area (Å²) in [5.74, 6) is -0.350. The van der Waals surface area contributed by atoms with Crippen LogP contribution in [0.25, 0.3) is 0 Å². The molecule has 2 amide bonds. The second-order valence-electron chi connectivity index (χ2n) is 9.56. The molecule has 0 bridgehead atoms. The van der Waals surface area contributed by atoms with Crippen molar-refractivity contribution in [3.63, 3.8) is 0 Å². The Morgan fingerprint density at radius 2 is 1.61 bits per heavy atom. The molecule has 3 aromatic carbocycles. The lowest BCUT2D eigenvalue weighted by atomic mass is 10.1. The van der Waals surface area contributed by atoms with E-state index in [-0.39, 0.29) is 34.8 Å². The maximum Gasteiger partial charge on any atom is 0.264 e. The minimum absolute atomic E-state index is 0.00298. The van der Waals surface area contributed by atoms with Crippen molar-refractivity contribution in [2.75, 3.05) is 25.1 Å². The predicted octanol–water partition coefficient (Wildman–Crippen LogP) is 4.88. The third-order valence-electron chi connectivity index (χ3n) is 6.38. The van der Waals surface area contributed by atoms with Gasteiger partial charge in [-0.15, -0.1) is 0 Å². The average molecular weight is 602 g/mol. The van der Waals surface area contributed by atoms with Gasteiger partial charge in [-0.25, -0.2) is 8.42 Å². The Hall–Kier alpha value is -3.76. The lowest BCUT2D eigenvalue weighted by Gasteiger charge is -2.34. The number of nitrogens with zero attached hydrogens (tertiary/aromatic N) is 2. The number of amides is 2. The zero-order valence-corrected chi connectivity index (χ0v) is 25.4. The summed E-state index contributed by atoms with van der Waals surface area (Å²) in [4.78, 5) is 28.8. The summed E-state index contributed by atoms with van der Waals surface area (Å²) >= 11 is 6.44. The molecule has 220 valence electrons. The van der Waals surface area contributed by atoms with E-state index >= 15 is 0 Å². The predicted molar refractivity (Wildman–Crippen MR) is 160 cm³/mol. The Morgan fingerprint density at radius 1 is 0.951 bits per heavy atom. The van der Waals surface area contributed by atoms with Crippen molar-refractivity contribution >= 4 is 39.1 Å².